The van der Waals surface area contributed by atoms with Crippen molar-refractivity contribution in [3.8, 4) is 0 Å². The second-order valence-corrected chi connectivity index (χ2v) is 8.31. The Kier molecular flexibility index (Phi) is 4.88. The van der Waals surface area contributed by atoms with Crippen molar-refractivity contribution < 1.29 is 14.3 Å². The molecule has 0 radical (unpaired) electrons. The summed E-state index contributed by atoms with van der Waals surface area (Å²) >= 11 is 3.38. The van der Waals surface area contributed by atoms with Crippen LogP contribution in [-0.4, -0.2) is 27.4 Å². The van der Waals surface area contributed by atoms with E-state index in [1.165, 1.54) is 0 Å². The Balaban J connectivity index is 1.84. The summed E-state index contributed by atoms with van der Waals surface area (Å²) in [5.74, 6) is -0.141. The Hall–Kier alpha value is -2.21. The summed E-state index contributed by atoms with van der Waals surface area (Å²) in [7, 11) is 0. The molecule has 0 bridgehead atoms. The van der Waals surface area contributed by atoms with Crippen LogP contribution < -0.4 is 0 Å². The molecule has 6 heteroatoms. The van der Waals surface area contributed by atoms with E-state index < -0.39 is 5.60 Å². The van der Waals surface area contributed by atoms with Gasteiger partial charge in [0.05, 0.1) is 12.6 Å². The van der Waals surface area contributed by atoms with Crippen molar-refractivity contribution in [2.24, 2.45) is 0 Å². The number of aromatic nitrogens is 1. The highest BCUT2D eigenvalue weighted by molar-refractivity contribution is 9.10. The van der Waals surface area contributed by atoms with Gasteiger partial charge in [-0.05, 0) is 57.0 Å². The van der Waals surface area contributed by atoms with Gasteiger partial charge in [-0.15, -0.1) is 0 Å². The zero-order valence-electron chi connectivity index (χ0n) is 15.2. The van der Waals surface area contributed by atoms with Crippen LogP contribution >= 0.6 is 15.9 Å². The molecule has 1 unspecified atom stereocenters. The number of ether oxygens (including phenoxy) is 1. The number of carbonyl (C=O) groups is 2. The number of hydrogen-bond acceptors (Lipinski definition) is 4. The quantitative estimate of drug-likeness (QED) is 0.653. The number of carbonyl (C=O) groups excluding carboxylic acids is 2. The highest BCUT2D eigenvalue weighted by atomic mass is 79.9. The number of amides is 1. The molecule has 2 heterocycles. The molecular formula is C20H21BrN2O3. The van der Waals surface area contributed by atoms with Gasteiger partial charge in [-0.1, -0.05) is 28.1 Å². The van der Waals surface area contributed by atoms with Crippen LogP contribution in [0.5, 0.6) is 0 Å². The van der Waals surface area contributed by atoms with E-state index in [1.807, 2.05) is 39.8 Å². The fraction of sp³-hybridized carbons (Fsp3) is 0.350. The SMILES string of the molecule is CC1c2cnc(C(=O)c3cccc(Br)c3)cc2CN1C(=O)OC(C)(C)C. The summed E-state index contributed by atoms with van der Waals surface area (Å²) in [6, 6.07) is 8.86. The van der Waals surface area contributed by atoms with Crippen LogP contribution in [0.15, 0.2) is 41.0 Å². The van der Waals surface area contributed by atoms with Crippen molar-refractivity contribution in [3.63, 3.8) is 0 Å². The van der Waals surface area contributed by atoms with Gasteiger partial charge in [0.1, 0.15) is 11.3 Å². The maximum absolute atomic E-state index is 12.7. The number of halogens is 1. The van der Waals surface area contributed by atoms with E-state index in [0.717, 1.165) is 15.6 Å². The average Bonchev–Trinajstić information content (AvgIpc) is 2.89. The van der Waals surface area contributed by atoms with E-state index >= 15 is 0 Å². The topological polar surface area (TPSA) is 59.5 Å². The third kappa shape index (κ3) is 3.80. The maximum Gasteiger partial charge on any atom is 0.411 e. The van der Waals surface area contributed by atoms with E-state index in [1.54, 1.807) is 29.3 Å². The number of fused-ring (bicyclic) bond motifs is 1. The smallest absolute Gasteiger partial charge is 0.411 e. The minimum absolute atomic E-state index is 0.137. The Labute approximate surface area is 161 Å². The molecule has 1 aliphatic heterocycles. The van der Waals surface area contributed by atoms with E-state index in [-0.39, 0.29) is 17.9 Å². The zero-order valence-corrected chi connectivity index (χ0v) is 16.8. The standard InChI is InChI=1S/C20H21BrN2O3/c1-12-16-10-22-17(18(24)13-6-5-7-15(21)8-13)9-14(16)11-23(12)19(25)26-20(2,3)4/h5-10,12H,11H2,1-4H3. The highest BCUT2D eigenvalue weighted by Crippen LogP contribution is 2.34. The molecule has 0 aliphatic carbocycles. The molecule has 0 saturated carbocycles. The molecule has 0 spiro atoms. The van der Waals surface area contributed by atoms with E-state index in [9.17, 15) is 9.59 Å². The van der Waals surface area contributed by atoms with Crippen LogP contribution in [0.4, 0.5) is 4.79 Å². The van der Waals surface area contributed by atoms with Crippen molar-refractivity contribution in [1.82, 2.24) is 9.88 Å². The van der Waals surface area contributed by atoms with Crippen LogP contribution in [0.2, 0.25) is 0 Å². The van der Waals surface area contributed by atoms with Crippen LogP contribution in [0.3, 0.4) is 0 Å². The zero-order chi connectivity index (χ0) is 19.1. The van der Waals surface area contributed by atoms with Crippen molar-refractivity contribution in [2.75, 3.05) is 0 Å². The largest absolute Gasteiger partial charge is 0.444 e. The molecule has 0 saturated heterocycles. The van der Waals surface area contributed by atoms with Gasteiger partial charge in [0.25, 0.3) is 0 Å². The molecule has 3 rings (SSSR count). The lowest BCUT2D eigenvalue weighted by molar-refractivity contribution is 0.0187. The minimum Gasteiger partial charge on any atom is -0.444 e. The van der Waals surface area contributed by atoms with E-state index in [4.69, 9.17) is 4.74 Å². The first-order valence-corrected chi connectivity index (χ1v) is 9.24. The summed E-state index contributed by atoms with van der Waals surface area (Å²) in [4.78, 5) is 31.1. The molecule has 1 aliphatic rings. The molecule has 136 valence electrons. The third-order valence-electron chi connectivity index (χ3n) is 4.23. The van der Waals surface area contributed by atoms with Gasteiger partial charge in [0, 0.05) is 16.2 Å². The fourth-order valence-electron chi connectivity index (χ4n) is 2.95. The lowest BCUT2D eigenvalue weighted by atomic mass is 10.0. The first-order chi connectivity index (χ1) is 12.2. The molecule has 1 aromatic heterocycles. The predicted molar refractivity (Wildman–Crippen MR) is 102 cm³/mol. The van der Waals surface area contributed by atoms with Gasteiger partial charge in [0.2, 0.25) is 5.78 Å². The summed E-state index contributed by atoms with van der Waals surface area (Å²) in [6.07, 6.45) is 1.33. The van der Waals surface area contributed by atoms with Crippen LogP contribution in [0.25, 0.3) is 0 Å². The first-order valence-electron chi connectivity index (χ1n) is 8.44. The van der Waals surface area contributed by atoms with Gasteiger partial charge in [-0.2, -0.15) is 0 Å². The van der Waals surface area contributed by atoms with Crippen molar-refractivity contribution in [3.05, 3.63) is 63.4 Å². The van der Waals surface area contributed by atoms with Crippen molar-refractivity contribution in [2.45, 2.75) is 45.9 Å². The van der Waals surface area contributed by atoms with Crippen LogP contribution in [0.1, 0.15) is 60.9 Å². The molecule has 2 aromatic rings. The average molecular weight is 417 g/mol. The molecule has 26 heavy (non-hydrogen) atoms. The third-order valence-corrected chi connectivity index (χ3v) is 4.72. The first kappa shape index (κ1) is 18.6. The number of rotatable bonds is 2. The number of hydrogen-bond donors (Lipinski definition) is 0. The second-order valence-electron chi connectivity index (χ2n) is 7.39. The van der Waals surface area contributed by atoms with E-state index in [0.29, 0.717) is 17.8 Å². The Bertz CT molecular complexity index is 874. The lowest BCUT2D eigenvalue weighted by Gasteiger charge is -2.27. The Morgan fingerprint density at radius 2 is 2.00 bits per heavy atom. The van der Waals surface area contributed by atoms with Crippen LogP contribution in [0, 0.1) is 0 Å². The van der Waals surface area contributed by atoms with Crippen molar-refractivity contribution in [1.29, 1.82) is 0 Å². The number of benzene rings is 1. The Morgan fingerprint density at radius 1 is 1.27 bits per heavy atom. The highest BCUT2D eigenvalue weighted by Gasteiger charge is 2.34. The summed E-state index contributed by atoms with van der Waals surface area (Å²) in [6.45, 7) is 7.87. The lowest BCUT2D eigenvalue weighted by Crippen LogP contribution is -2.34. The normalized spacial score (nSPS) is 16.3. The molecule has 5 nitrogen and oxygen atoms in total. The van der Waals surface area contributed by atoms with Gasteiger partial charge in [0.15, 0.2) is 0 Å². The van der Waals surface area contributed by atoms with Crippen molar-refractivity contribution >= 4 is 27.8 Å². The summed E-state index contributed by atoms with van der Waals surface area (Å²) in [5, 5.41) is 0. The molecule has 1 aromatic carbocycles. The van der Waals surface area contributed by atoms with Gasteiger partial charge < -0.3 is 4.74 Å². The molecule has 1 atom stereocenters. The monoisotopic (exact) mass is 416 g/mol. The summed E-state index contributed by atoms with van der Waals surface area (Å²) in [5.41, 5.74) is 2.27. The second kappa shape index (κ2) is 6.83. The Morgan fingerprint density at radius 3 is 2.65 bits per heavy atom. The maximum atomic E-state index is 12.7. The van der Waals surface area contributed by atoms with E-state index in [2.05, 4.69) is 20.9 Å². The minimum atomic E-state index is -0.550. The molecular weight excluding hydrogens is 396 g/mol. The predicted octanol–water partition coefficient (Wildman–Crippen LogP) is 4.89. The van der Waals surface area contributed by atoms with Gasteiger partial charge >= 0.3 is 6.09 Å². The number of ketones is 1. The number of pyridine rings is 1. The molecule has 0 N–H and O–H groups in total. The molecule has 0 fully saturated rings. The number of nitrogens with zero attached hydrogens (tertiary/aromatic N) is 2. The summed E-state index contributed by atoms with van der Waals surface area (Å²) < 4.78 is 6.32. The molecule has 1 amide bonds. The van der Waals surface area contributed by atoms with Crippen LogP contribution in [-0.2, 0) is 11.3 Å². The van der Waals surface area contributed by atoms with Gasteiger partial charge in [-0.25, -0.2) is 4.79 Å². The fourth-order valence-corrected chi connectivity index (χ4v) is 3.35. The van der Waals surface area contributed by atoms with Gasteiger partial charge in [-0.3, -0.25) is 14.7 Å².